The first-order chi connectivity index (χ1) is 10.4. The van der Waals surface area contributed by atoms with E-state index < -0.39 is 0 Å². The minimum absolute atomic E-state index is 0.0451. The fourth-order valence-corrected chi connectivity index (χ4v) is 1.43. The largest absolute Gasteiger partial charge is 0.403 e. The third-order valence-electron chi connectivity index (χ3n) is 2.68. The van der Waals surface area contributed by atoms with E-state index in [0.717, 1.165) is 4.68 Å². The van der Waals surface area contributed by atoms with Crippen LogP contribution in [-0.2, 0) is 11.9 Å². The zero-order valence-electron chi connectivity index (χ0n) is 13.0. The molecule has 0 saturated heterocycles. The number of hydroxylamine groups is 1. The average Bonchev–Trinajstić information content (AvgIpc) is 2.49. The van der Waals surface area contributed by atoms with Crippen LogP contribution in [0.15, 0.2) is 16.9 Å². The first-order valence-electron chi connectivity index (χ1n) is 6.34. The molecule has 10 heteroatoms. The quantitative estimate of drug-likeness (QED) is 0.696. The van der Waals surface area contributed by atoms with Gasteiger partial charge in [-0.3, -0.25) is 9.63 Å². The summed E-state index contributed by atoms with van der Waals surface area (Å²) in [6.07, 6.45) is 0. The summed E-state index contributed by atoms with van der Waals surface area (Å²) in [5.74, 6) is 0.874. The maximum absolute atomic E-state index is 11.3. The molecule has 0 radical (unpaired) electrons. The van der Waals surface area contributed by atoms with Gasteiger partial charge in [0, 0.05) is 40.3 Å². The molecule has 10 nitrogen and oxygen atoms in total. The van der Waals surface area contributed by atoms with Crippen LogP contribution in [0.1, 0.15) is 0 Å². The number of ether oxygens (including phenoxy) is 1. The van der Waals surface area contributed by atoms with Gasteiger partial charge in [0.25, 0.3) is 11.5 Å². The smallest absolute Gasteiger partial charge is 0.330 e. The Morgan fingerprint density at radius 3 is 2.36 bits per heavy atom. The Kier molecular flexibility index (Phi) is 4.51. The molecule has 0 aromatic carbocycles. The predicted octanol–water partition coefficient (Wildman–Crippen LogP) is -0.179. The molecule has 0 aliphatic rings. The summed E-state index contributed by atoms with van der Waals surface area (Å²) >= 11 is 0. The summed E-state index contributed by atoms with van der Waals surface area (Å²) < 4.78 is 6.66. The van der Waals surface area contributed by atoms with E-state index in [0.29, 0.717) is 5.95 Å². The molecule has 2 aromatic rings. The normalized spacial score (nSPS) is 10.4. The van der Waals surface area contributed by atoms with Crippen molar-refractivity contribution in [1.29, 1.82) is 0 Å². The molecule has 118 valence electrons. The van der Waals surface area contributed by atoms with Gasteiger partial charge < -0.3 is 9.64 Å². The zero-order chi connectivity index (χ0) is 16.3. The van der Waals surface area contributed by atoms with Gasteiger partial charge in [0.05, 0.1) is 7.11 Å². The summed E-state index contributed by atoms with van der Waals surface area (Å²) in [6.45, 7) is 0. The summed E-state index contributed by atoms with van der Waals surface area (Å²) in [6, 6.07) is 2.84. The maximum atomic E-state index is 11.3. The molecule has 0 aliphatic carbocycles. The Hall–Kier alpha value is -2.75. The number of nitrogens with zero attached hydrogens (tertiary/aromatic N) is 7. The van der Waals surface area contributed by atoms with E-state index in [1.807, 2.05) is 0 Å². The summed E-state index contributed by atoms with van der Waals surface area (Å²) in [5.41, 5.74) is -0.239. The standard InChI is InChI=1S/C12H17N7O3/c1-17(2)10-13-11(19(4)21-5)15-12(14-10)22-8-6-7-9(20)18(3)16-8/h6-7H,1-5H3. The SMILES string of the molecule is CON(C)c1nc(Oc2ccc(=O)n(C)n2)nc(N(C)C)n1. The van der Waals surface area contributed by atoms with Crippen LogP contribution < -0.4 is 20.3 Å². The van der Waals surface area contributed by atoms with Gasteiger partial charge in [-0.15, -0.1) is 5.10 Å². The average molecular weight is 307 g/mol. The van der Waals surface area contributed by atoms with Crippen molar-refractivity contribution in [3.63, 3.8) is 0 Å². The molecule has 22 heavy (non-hydrogen) atoms. The van der Waals surface area contributed by atoms with E-state index in [-0.39, 0.29) is 23.4 Å². The van der Waals surface area contributed by atoms with E-state index in [1.165, 1.54) is 31.4 Å². The zero-order valence-corrected chi connectivity index (χ0v) is 13.0. The summed E-state index contributed by atoms with van der Waals surface area (Å²) in [5, 5.41) is 5.33. The highest BCUT2D eigenvalue weighted by molar-refractivity contribution is 5.37. The number of hydrogen-bond acceptors (Lipinski definition) is 9. The first kappa shape index (κ1) is 15.6. The summed E-state index contributed by atoms with van der Waals surface area (Å²) in [4.78, 5) is 30.6. The van der Waals surface area contributed by atoms with Gasteiger partial charge in [-0.05, 0) is 0 Å². The van der Waals surface area contributed by atoms with E-state index >= 15 is 0 Å². The summed E-state index contributed by atoms with van der Waals surface area (Å²) in [7, 11) is 8.26. The number of aryl methyl sites for hydroxylation is 1. The van der Waals surface area contributed by atoms with Crippen LogP contribution in [-0.4, -0.2) is 53.0 Å². The van der Waals surface area contributed by atoms with Gasteiger partial charge in [0.15, 0.2) is 0 Å². The molecule has 0 atom stereocenters. The number of anilines is 2. The Labute approximate surface area is 126 Å². The Bertz CT molecular complexity index is 716. The topological polar surface area (TPSA) is 98.5 Å². The van der Waals surface area contributed by atoms with Gasteiger partial charge in [-0.2, -0.15) is 15.0 Å². The second-order valence-electron chi connectivity index (χ2n) is 4.53. The Morgan fingerprint density at radius 2 is 1.77 bits per heavy atom. The van der Waals surface area contributed by atoms with Gasteiger partial charge in [0.2, 0.25) is 11.8 Å². The highest BCUT2D eigenvalue weighted by Crippen LogP contribution is 2.19. The van der Waals surface area contributed by atoms with Crippen molar-refractivity contribution in [2.45, 2.75) is 0 Å². The van der Waals surface area contributed by atoms with Gasteiger partial charge in [-0.1, -0.05) is 0 Å². The lowest BCUT2D eigenvalue weighted by Gasteiger charge is -2.17. The van der Waals surface area contributed by atoms with Crippen molar-refractivity contribution in [3.8, 4) is 11.9 Å². The molecule has 0 saturated carbocycles. The minimum atomic E-state index is -0.239. The predicted molar refractivity (Wildman–Crippen MR) is 79.1 cm³/mol. The molecule has 0 fully saturated rings. The van der Waals surface area contributed by atoms with Crippen LogP contribution in [0.4, 0.5) is 11.9 Å². The molecule has 2 aromatic heterocycles. The van der Waals surface area contributed by atoms with Crippen LogP contribution in [0, 0.1) is 0 Å². The van der Waals surface area contributed by atoms with Gasteiger partial charge >= 0.3 is 6.01 Å². The number of rotatable bonds is 5. The lowest BCUT2D eigenvalue weighted by atomic mass is 10.5. The van der Waals surface area contributed by atoms with Crippen molar-refractivity contribution < 1.29 is 9.57 Å². The van der Waals surface area contributed by atoms with Gasteiger partial charge in [0.1, 0.15) is 0 Å². The molecule has 0 N–H and O–H groups in total. The molecular weight excluding hydrogens is 290 g/mol. The van der Waals surface area contributed by atoms with Crippen molar-refractivity contribution in [2.75, 3.05) is 38.2 Å². The number of hydrogen-bond donors (Lipinski definition) is 0. The Balaban J connectivity index is 2.38. The molecule has 0 unspecified atom stereocenters. The highest BCUT2D eigenvalue weighted by atomic mass is 16.7. The molecule has 0 spiro atoms. The van der Waals surface area contributed by atoms with Crippen LogP contribution in [0.2, 0.25) is 0 Å². The Morgan fingerprint density at radius 1 is 1.09 bits per heavy atom. The molecule has 2 heterocycles. The highest BCUT2D eigenvalue weighted by Gasteiger charge is 2.13. The minimum Gasteiger partial charge on any atom is -0.403 e. The van der Waals surface area contributed by atoms with Crippen molar-refractivity contribution in [3.05, 3.63) is 22.5 Å². The van der Waals surface area contributed by atoms with Crippen molar-refractivity contribution in [2.24, 2.45) is 7.05 Å². The van der Waals surface area contributed by atoms with Crippen LogP contribution in [0.5, 0.6) is 11.9 Å². The van der Waals surface area contributed by atoms with E-state index in [2.05, 4.69) is 20.1 Å². The molecule has 0 bridgehead atoms. The van der Waals surface area contributed by atoms with Crippen molar-refractivity contribution in [1.82, 2.24) is 24.7 Å². The van der Waals surface area contributed by atoms with Crippen molar-refractivity contribution >= 4 is 11.9 Å². The lowest BCUT2D eigenvalue weighted by Crippen LogP contribution is -2.22. The first-order valence-corrected chi connectivity index (χ1v) is 6.34. The lowest BCUT2D eigenvalue weighted by molar-refractivity contribution is 0.179. The van der Waals surface area contributed by atoms with E-state index in [9.17, 15) is 4.79 Å². The van der Waals surface area contributed by atoms with Crippen LogP contribution in [0.25, 0.3) is 0 Å². The fourth-order valence-electron chi connectivity index (χ4n) is 1.43. The van der Waals surface area contributed by atoms with Crippen LogP contribution in [0.3, 0.4) is 0 Å². The van der Waals surface area contributed by atoms with Gasteiger partial charge in [-0.25, -0.2) is 9.75 Å². The molecule has 0 amide bonds. The molecule has 0 aliphatic heterocycles. The fraction of sp³-hybridized carbons (Fsp3) is 0.417. The maximum Gasteiger partial charge on any atom is 0.330 e. The molecule has 2 rings (SSSR count). The van der Waals surface area contributed by atoms with Crippen LogP contribution >= 0.6 is 0 Å². The third-order valence-corrected chi connectivity index (χ3v) is 2.68. The third kappa shape index (κ3) is 3.47. The second kappa shape index (κ2) is 6.35. The molecular formula is C12H17N7O3. The monoisotopic (exact) mass is 307 g/mol. The second-order valence-corrected chi connectivity index (χ2v) is 4.53. The number of aromatic nitrogens is 5. The van der Waals surface area contributed by atoms with E-state index in [1.54, 1.807) is 26.0 Å². The van der Waals surface area contributed by atoms with E-state index in [4.69, 9.17) is 9.57 Å².